The highest BCUT2D eigenvalue weighted by Gasteiger charge is 2.30. The Morgan fingerprint density at radius 2 is 1.79 bits per heavy atom. The van der Waals surface area contributed by atoms with Gasteiger partial charge in [0.2, 0.25) is 15.9 Å². The molecule has 2 rings (SSSR count). The number of rotatable bonds is 8. The smallest absolute Gasteiger partial charge is 0.243 e. The molecule has 152 valence electrons. The number of carbonyl (C=O) groups excluding carboxylic acids is 1. The minimum Gasteiger partial charge on any atom is -0.497 e. The number of methoxy groups -OCH3 is 1. The second kappa shape index (κ2) is 9.10. The van der Waals surface area contributed by atoms with Gasteiger partial charge in [-0.25, -0.2) is 8.42 Å². The van der Waals surface area contributed by atoms with E-state index in [2.05, 4.69) is 5.32 Å². The molecule has 0 bridgehead atoms. The number of amides is 1. The molecule has 0 radical (unpaired) electrons. The molecule has 0 aliphatic carbocycles. The van der Waals surface area contributed by atoms with Gasteiger partial charge in [-0.1, -0.05) is 24.3 Å². The molecular formula is C21H28N2O4S. The molecule has 28 heavy (non-hydrogen) atoms. The highest BCUT2D eigenvalue weighted by Crippen LogP contribution is 2.26. The molecule has 0 aliphatic heterocycles. The van der Waals surface area contributed by atoms with E-state index in [0.717, 1.165) is 28.7 Å². The Balaban J connectivity index is 2.10. The molecule has 2 aromatic carbocycles. The maximum Gasteiger partial charge on any atom is 0.243 e. The summed E-state index contributed by atoms with van der Waals surface area (Å²) in [6, 6.07) is 12.3. The molecule has 0 spiro atoms. The minimum absolute atomic E-state index is 0.333. The molecule has 1 amide bonds. The van der Waals surface area contributed by atoms with Gasteiger partial charge in [-0.2, -0.15) is 0 Å². The van der Waals surface area contributed by atoms with Crippen LogP contribution >= 0.6 is 0 Å². The van der Waals surface area contributed by atoms with Crippen LogP contribution < -0.4 is 14.4 Å². The first-order valence-corrected chi connectivity index (χ1v) is 11.0. The maximum atomic E-state index is 12.7. The third kappa shape index (κ3) is 5.48. The number of anilines is 1. The first kappa shape index (κ1) is 21.8. The Kier molecular flexibility index (Phi) is 7.07. The fourth-order valence-corrected chi connectivity index (χ4v) is 4.23. The Labute approximate surface area is 167 Å². The summed E-state index contributed by atoms with van der Waals surface area (Å²) < 4.78 is 31.2. The first-order valence-electron chi connectivity index (χ1n) is 9.10. The Hall–Kier alpha value is -2.54. The van der Waals surface area contributed by atoms with Crippen molar-refractivity contribution in [2.45, 2.75) is 33.2 Å². The zero-order valence-electron chi connectivity index (χ0n) is 17.0. The molecule has 0 fully saturated rings. The van der Waals surface area contributed by atoms with Crippen molar-refractivity contribution < 1.29 is 17.9 Å². The van der Waals surface area contributed by atoms with Gasteiger partial charge in [0.1, 0.15) is 11.8 Å². The van der Waals surface area contributed by atoms with E-state index in [9.17, 15) is 13.2 Å². The summed E-state index contributed by atoms with van der Waals surface area (Å²) in [4.78, 5) is 12.7. The van der Waals surface area contributed by atoms with Crippen molar-refractivity contribution in [3.05, 3.63) is 59.2 Å². The number of aryl methyl sites for hydroxylation is 2. The van der Waals surface area contributed by atoms with Crippen LogP contribution in [0, 0.1) is 13.8 Å². The number of sulfonamides is 1. The zero-order valence-corrected chi connectivity index (χ0v) is 17.8. The Bertz CT molecular complexity index is 924. The molecule has 7 heteroatoms. The second-order valence-electron chi connectivity index (χ2n) is 6.91. The van der Waals surface area contributed by atoms with Gasteiger partial charge < -0.3 is 10.1 Å². The summed E-state index contributed by atoms with van der Waals surface area (Å²) in [5, 5.41) is 2.84. The fraction of sp³-hybridized carbons (Fsp3) is 0.381. The van der Waals surface area contributed by atoms with Gasteiger partial charge in [-0.3, -0.25) is 9.10 Å². The summed E-state index contributed by atoms with van der Waals surface area (Å²) in [5.41, 5.74) is 3.32. The third-order valence-electron chi connectivity index (χ3n) is 4.56. The number of hydrogen-bond donors (Lipinski definition) is 1. The predicted molar refractivity (Wildman–Crippen MR) is 112 cm³/mol. The van der Waals surface area contributed by atoms with Gasteiger partial charge in [0.05, 0.1) is 19.1 Å². The van der Waals surface area contributed by atoms with Gasteiger partial charge in [0, 0.05) is 6.54 Å². The highest BCUT2D eigenvalue weighted by molar-refractivity contribution is 7.92. The summed E-state index contributed by atoms with van der Waals surface area (Å²) in [7, 11) is -2.02. The maximum absolute atomic E-state index is 12.7. The van der Waals surface area contributed by atoms with Crippen molar-refractivity contribution >= 4 is 21.6 Å². The molecule has 6 nitrogen and oxygen atoms in total. The summed E-state index contributed by atoms with van der Waals surface area (Å²) >= 11 is 0. The van der Waals surface area contributed by atoms with E-state index in [1.165, 1.54) is 4.31 Å². The van der Waals surface area contributed by atoms with E-state index in [0.29, 0.717) is 18.7 Å². The largest absolute Gasteiger partial charge is 0.497 e. The van der Waals surface area contributed by atoms with E-state index in [1.807, 2.05) is 50.2 Å². The SMILES string of the molecule is COc1ccc(CCNC(=O)[C@@H](C)N(c2cc(C)ccc2C)S(C)(=O)=O)cc1. The normalized spacial score (nSPS) is 12.3. The van der Waals surface area contributed by atoms with Gasteiger partial charge in [0.25, 0.3) is 0 Å². The van der Waals surface area contributed by atoms with Crippen LogP contribution in [0.15, 0.2) is 42.5 Å². The lowest BCUT2D eigenvalue weighted by Gasteiger charge is -2.29. The molecule has 1 atom stereocenters. The lowest BCUT2D eigenvalue weighted by atomic mass is 10.1. The number of nitrogens with one attached hydrogen (secondary N) is 1. The first-order chi connectivity index (χ1) is 13.1. The topological polar surface area (TPSA) is 75.7 Å². The number of benzene rings is 2. The average molecular weight is 405 g/mol. The van der Waals surface area contributed by atoms with Crippen molar-refractivity contribution in [1.82, 2.24) is 5.32 Å². The van der Waals surface area contributed by atoms with Crippen molar-refractivity contribution in [3.8, 4) is 5.75 Å². The van der Waals surface area contributed by atoms with Crippen LogP contribution in [-0.4, -0.2) is 40.3 Å². The summed E-state index contributed by atoms with van der Waals surface area (Å²) in [6.45, 7) is 5.75. The van der Waals surface area contributed by atoms with Crippen molar-refractivity contribution in [1.29, 1.82) is 0 Å². The highest BCUT2D eigenvalue weighted by atomic mass is 32.2. The lowest BCUT2D eigenvalue weighted by Crippen LogP contribution is -2.48. The summed E-state index contributed by atoms with van der Waals surface area (Å²) in [5.74, 6) is 0.443. The van der Waals surface area contributed by atoms with Gasteiger partial charge in [0.15, 0.2) is 0 Å². The number of ether oxygens (including phenoxy) is 1. The third-order valence-corrected chi connectivity index (χ3v) is 5.79. The standard InChI is InChI=1S/C21H28N2O4S/c1-15-6-7-16(2)20(14-15)23(28(5,25)26)17(3)21(24)22-13-12-18-8-10-19(27-4)11-9-18/h6-11,14,17H,12-13H2,1-5H3,(H,22,24)/t17-/m1/s1. The zero-order chi connectivity index (χ0) is 20.9. The molecule has 0 aromatic heterocycles. The van der Waals surface area contributed by atoms with Gasteiger partial charge in [-0.05, 0) is 62.1 Å². The molecule has 2 aromatic rings. The average Bonchev–Trinajstić information content (AvgIpc) is 2.64. The van der Waals surface area contributed by atoms with Crippen LogP contribution in [0.1, 0.15) is 23.6 Å². The predicted octanol–water partition coefficient (Wildman–Crippen LogP) is 2.83. The summed E-state index contributed by atoms with van der Waals surface area (Å²) in [6.07, 6.45) is 1.76. The fourth-order valence-electron chi connectivity index (χ4n) is 3.01. The number of nitrogens with zero attached hydrogens (tertiary/aromatic N) is 1. The molecule has 0 saturated heterocycles. The Morgan fingerprint density at radius 3 is 2.36 bits per heavy atom. The van der Waals surface area contributed by atoms with Crippen LogP contribution in [0.4, 0.5) is 5.69 Å². The van der Waals surface area contributed by atoms with Gasteiger partial charge in [-0.15, -0.1) is 0 Å². The van der Waals surface area contributed by atoms with Crippen molar-refractivity contribution in [3.63, 3.8) is 0 Å². The van der Waals surface area contributed by atoms with Crippen LogP contribution in [0.3, 0.4) is 0 Å². The molecular weight excluding hydrogens is 376 g/mol. The lowest BCUT2D eigenvalue weighted by molar-refractivity contribution is -0.121. The molecule has 0 unspecified atom stereocenters. The van der Waals surface area contributed by atoms with Crippen molar-refractivity contribution in [2.75, 3.05) is 24.2 Å². The molecule has 0 aliphatic rings. The Morgan fingerprint density at radius 1 is 1.14 bits per heavy atom. The van der Waals surface area contributed by atoms with E-state index in [4.69, 9.17) is 4.74 Å². The number of carbonyl (C=O) groups is 1. The van der Waals surface area contributed by atoms with E-state index < -0.39 is 16.1 Å². The van der Waals surface area contributed by atoms with E-state index >= 15 is 0 Å². The molecule has 0 saturated carbocycles. The number of hydrogen-bond acceptors (Lipinski definition) is 4. The molecule has 1 N–H and O–H groups in total. The van der Waals surface area contributed by atoms with Crippen LogP contribution in [-0.2, 0) is 21.2 Å². The van der Waals surface area contributed by atoms with Gasteiger partial charge >= 0.3 is 0 Å². The van der Waals surface area contributed by atoms with Crippen LogP contribution in [0.25, 0.3) is 0 Å². The van der Waals surface area contributed by atoms with E-state index in [1.54, 1.807) is 20.1 Å². The van der Waals surface area contributed by atoms with E-state index in [-0.39, 0.29) is 5.91 Å². The van der Waals surface area contributed by atoms with Crippen LogP contribution in [0.2, 0.25) is 0 Å². The van der Waals surface area contributed by atoms with Crippen molar-refractivity contribution in [2.24, 2.45) is 0 Å². The molecule has 0 heterocycles. The quantitative estimate of drug-likeness (QED) is 0.734. The monoisotopic (exact) mass is 404 g/mol. The minimum atomic E-state index is -3.63. The second-order valence-corrected chi connectivity index (χ2v) is 8.77. The van der Waals surface area contributed by atoms with Crippen LogP contribution in [0.5, 0.6) is 5.75 Å².